The van der Waals surface area contributed by atoms with E-state index in [1.54, 1.807) is 0 Å². The molecule has 154 valence electrons. The van der Waals surface area contributed by atoms with Crippen LogP contribution in [0.25, 0.3) is 0 Å². The number of benzene rings is 1. The van der Waals surface area contributed by atoms with Crippen LogP contribution in [0.5, 0.6) is 5.75 Å². The number of methoxy groups -OCH3 is 1. The number of nitrogens with zero attached hydrogens (tertiary/aromatic N) is 3. The van der Waals surface area contributed by atoms with E-state index >= 15 is 0 Å². The molecule has 1 aliphatic rings. The normalized spacial score (nSPS) is 20.7. The smallest absolute Gasteiger partial charge is 0.293 e. The minimum absolute atomic E-state index is 0.0613. The van der Waals surface area contributed by atoms with Gasteiger partial charge in [0.05, 0.1) is 25.3 Å². The number of anilines is 1. The zero-order valence-corrected chi connectivity index (χ0v) is 15.3. The van der Waals surface area contributed by atoms with Crippen LogP contribution in [0, 0.1) is 5.82 Å². The van der Waals surface area contributed by atoms with E-state index in [2.05, 4.69) is 20.3 Å². The molecular formula is C18H17F4N5O2. The minimum atomic E-state index is -3.67. The molecule has 2 heterocycles. The Hall–Kier alpha value is -3.24. The van der Waals surface area contributed by atoms with E-state index in [4.69, 9.17) is 10.5 Å². The number of nitrogens with one attached hydrogen (secondary N) is 1. The van der Waals surface area contributed by atoms with Crippen molar-refractivity contribution in [3.05, 3.63) is 47.8 Å². The summed E-state index contributed by atoms with van der Waals surface area (Å²) in [5, 5.41) is 2.36. The van der Waals surface area contributed by atoms with E-state index in [1.807, 2.05) is 0 Å². The van der Waals surface area contributed by atoms with Crippen LogP contribution < -0.4 is 15.8 Å². The summed E-state index contributed by atoms with van der Waals surface area (Å²) in [6.45, 7) is -1.67. The Bertz CT molecular complexity index is 952. The highest BCUT2D eigenvalue weighted by Crippen LogP contribution is 2.48. The fourth-order valence-corrected chi connectivity index (χ4v) is 2.98. The van der Waals surface area contributed by atoms with Gasteiger partial charge < -0.3 is 15.8 Å². The number of rotatable bonds is 5. The standard InChI is InChI=1S/C18H17F4N5O2/c1-29-11-7-24-15(25-8-11)16(28)26-10-2-3-13(20)12(6-10)17(9-19)18(21,22)5-4-14(23)27-17/h2-3,6-8H,4-5,9H2,1H3,(H2,23,27)(H,26,28). The lowest BCUT2D eigenvalue weighted by Crippen LogP contribution is -2.51. The molecule has 1 unspecified atom stereocenters. The van der Waals surface area contributed by atoms with Crippen LogP contribution >= 0.6 is 0 Å². The molecule has 11 heteroatoms. The fourth-order valence-electron chi connectivity index (χ4n) is 2.98. The third-order valence-corrected chi connectivity index (χ3v) is 4.56. The SMILES string of the molecule is COc1cnc(C(=O)Nc2ccc(F)c(C3(CF)N=C(N)CCC3(F)F)c2)nc1. The van der Waals surface area contributed by atoms with Crippen molar-refractivity contribution in [3.8, 4) is 5.75 Å². The van der Waals surface area contributed by atoms with Crippen molar-refractivity contribution in [2.45, 2.75) is 24.3 Å². The Labute approximate surface area is 163 Å². The van der Waals surface area contributed by atoms with E-state index in [1.165, 1.54) is 19.5 Å². The summed E-state index contributed by atoms with van der Waals surface area (Å²) in [6.07, 6.45) is 1.51. The van der Waals surface area contributed by atoms with Crippen molar-refractivity contribution in [2.75, 3.05) is 19.1 Å². The zero-order chi connectivity index (χ0) is 21.2. The third kappa shape index (κ3) is 3.71. The first-order chi connectivity index (χ1) is 13.7. The van der Waals surface area contributed by atoms with E-state index in [-0.39, 0.29) is 23.8 Å². The summed E-state index contributed by atoms with van der Waals surface area (Å²) >= 11 is 0. The molecule has 29 heavy (non-hydrogen) atoms. The number of amidine groups is 1. The van der Waals surface area contributed by atoms with Crippen LogP contribution in [0.3, 0.4) is 0 Å². The lowest BCUT2D eigenvalue weighted by Gasteiger charge is -2.39. The number of hydrogen-bond acceptors (Lipinski definition) is 6. The molecule has 3 N–H and O–H groups in total. The molecule has 1 atom stereocenters. The predicted octanol–water partition coefficient (Wildman–Crippen LogP) is 2.83. The maximum absolute atomic E-state index is 14.6. The highest BCUT2D eigenvalue weighted by Gasteiger charge is 2.58. The number of hydrogen-bond donors (Lipinski definition) is 2. The lowest BCUT2D eigenvalue weighted by molar-refractivity contribution is -0.0959. The Morgan fingerprint density at radius 1 is 1.31 bits per heavy atom. The average molecular weight is 411 g/mol. The van der Waals surface area contributed by atoms with Gasteiger partial charge in [0, 0.05) is 24.1 Å². The average Bonchev–Trinajstić information content (AvgIpc) is 2.71. The highest BCUT2D eigenvalue weighted by molar-refractivity contribution is 6.01. The maximum Gasteiger partial charge on any atom is 0.293 e. The van der Waals surface area contributed by atoms with Gasteiger partial charge in [0.15, 0.2) is 11.3 Å². The lowest BCUT2D eigenvalue weighted by atomic mass is 9.80. The van der Waals surface area contributed by atoms with Crippen LogP contribution in [-0.2, 0) is 5.54 Å². The van der Waals surface area contributed by atoms with Crippen LogP contribution in [0.4, 0.5) is 23.2 Å². The van der Waals surface area contributed by atoms with Crippen LogP contribution in [-0.4, -0.2) is 41.4 Å². The molecule has 0 bridgehead atoms. The van der Waals surface area contributed by atoms with E-state index in [0.29, 0.717) is 5.75 Å². The quantitative estimate of drug-likeness (QED) is 0.737. The molecule has 2 aromatic rings. The fraction of sp³-hybridized carbons (Fsp3) is 0.333. The molecule has 0 fully saturated rings. The van der Waals surface area contributed by atoms with Crippen molar-refractivity contribution in [3.63, 3.8) is 0 Å². The Morgan fingerprint density at radius 2 is 2.00 bits per heavy atom. The molecule has 0 saturated carbocycles. The second-order valence-corrected chi connectivity index (χ2v) is 6.40. The van der Waals surface area contributed by atoms with Crippen molar-refractivity contribution >= 4 is 17.4 Å². The van der Waals surface area contributed by atoms with Crippen molar-refractivity contribution < 1.29 is 27.1 Å². The van der Waals surface area contributed by atoms with Gasteiger partial charge in [-0.15, -0.1) is 0 Å². The van der Waals surface area contributed by atoms with Crippen LogP contribution in [0.2, 0.25) is 0 Å². The number of amides is 1. The first kappa shape index (κ1) is 20.5. The number of aromatic nitrogens is 2. The summed E-state index contributed by atoms with van der Waals surface area (Å²) in [6, 6.07) is 2.89. The zero-order valence-electron chi connectivity index (χ0n) is 15.3. The van der Waals surface area contributed by atoms with Gasteiger partial charge in [0.2, 0.25) is 5.82 Å². The summed E-state index contributed by atoms with van der Waals surface area (Å²) in [5.41, 5.74) is 1.97. The largest absolute Gasteiger partial charge is 0.494 e. The van der Waals surface area contributed by atoms with E-state index in [9.17, 15) is 22.4 Å². The van der Waals surface area contributed by atoms with E-state index < -0.39 is 41.8 Å². The van der Waals surface area contributed by atoms with Gasteiger partial charge in [-0.2, -0.15) is 0 Å². The number of nitrogens with two attached hydrogens (primary N) is 1. The van der Waals surface area contributed by atoms with E-state index in [0.717, 1.165) is 18.2 Å². The van der Waals surface area contributed by atoms with Crippen LogP contribution in [0.1, 0.15) is 29.0 Å². The van der Waals surface area contributed by atoms with Gasteiger partial charge in [-0.1, -0.05) is 0 Å². The first-order valence-corrected chi connectivity index (χ1v) is 8.48. The summed E-state index contributed by atoms with van der Waals surface area (Å²) in [7, 11) is 1.40. The Morgan fingerprint density at radius 3 is 2.62 bits per heavy atom. The molecule has 0 saturated heterocycles. The molecule has 0 radical (unpaired) electrons. The van der Waals surface area contributed by atoms with Gasteiger partial charge in [0.1, 0.15) is 12.5 Å². The number of carbonyl (C=O) groups is 1. The molecule has 0 aliphatic carbocycles. The van der Waals surface area contributed by atoms with Crippen molar-refractivity contribution in [1.29, 1.82) is 0 Å². The Kier molecular flexibility index (Phi) is 5.40. The topological polar surface area (TPSA) is 102 Å². The second-order valence-electron chi connectivity index (χ2n) is 6.40. The predicted molar refractivity (Wildman–Crippen MR) is 96.4 cm³/mol. The number of alkyl halides is 3. The number of halogens is 4. The van der Waals surface area contributed by atoms with Crippen LogP contribution in [0.15, 0.2) is 35.6 Å². The summed E-state index contributed by atoms with van der Waals surface area (Å²) < 4.78 is 62.4. The highest BCUT2D eigenvalue weighted by atomic mass is 19.3. The van der Waals surface area contributed by atoms with Crippen molar-refractivity contribution in [1.82, 2.24) is 9.97 Å². The van der Waals surface area contributed by atoms with Gasteiger partial charge >= 0.3 is 0 Å². The molecule has 1 amide bonds. The third-order valence-electron chi connectivity index (χ3n) is 4.56. The van der Waals surface area contributed by atoms with Gasteiger partial charge in [-0.3, -0.25) is 9.79 Å². The minimum Gasteiger partial charge on any atom is -0.494 e. The Balaban J connectivity index is 1.97. The maximum atomic E-state index is 14.6. The molecular weight excluding hydrogens is 394 g/mol. The van der Waals surface area contributed by atoms with Crippen molar-refractivity contribution in [2.24, 2.45) is 10.7 Å². The first-order valence-electron chi connectivity index (χ1n) is 8.48. The van der Waals surface area contributed by atoms with Gasteiger partial charge in [0.25, 0.3) is 11.8 Å². The molecule has 3 rings (SSSR count). The number of ether oxygens (including phenoxy) is 1. The number of carbonyl (C=O) groups excluding carboxylic acids is 1. The molecule has 1 aliphatic heterocycles. The molecule has 1 aromatic carbocycles. The summed E-state index contributed by atoms with van der Waals surface area (Å²) in [5.74, 6) is -5.66. The van der Waals surface area contributed by atoms with Gasteiger partial charge in [-0.25, -0.2) is 27.5 Å². The summed E-state index contributed by atoms with van der Waals surface area (Å²) in [4.78, 5) is 23.5. The monoisotopic (exact) mass is 411 g/mol. The number of aliphatic imine (C=N–C) groups is 1. The molecule has 1 aromatic heterocycles. The van der Waals surface area contributed by atoms with Gasteiger partial charge in [-0.05, 0) is 18.2 Å². The molecule has 7 nitrogen and oxygen atoms in total. The second kappa shape index (κ2) is 7.64. The molecule has 0 spiro atoms.